The summed E-state index contributed by atoms with van der Waals surface area (Å²) in [6, 6.07) is 0. The Bertz CT molecular complexity index is 548. The summed E-state index contributed by atoms with van der Waals surface area (Å²) in [6.45, 7) is 8.93. The fraction of sp³-hybridized carbons (Fsp3) is 0.750. The number of aliphatic carboxylic acids is 1. The van der Waals surface area contributed by atoms with Gasteiger partial charge < -0.3 is 5.11 Å². The standard InChI is InChI=1S/C20H30O2.Pb/c1-13(2)14-6-8-16-15(12-14)7-9-17-19(16,3)10-5-11-20(17,4)18(21)22;/h7,12-13,16-17H,5-6,8-11H2,1-4H3,(H,21,22);/t16-,17+,19+,20+;/m0./s1. The molecule has 0 unspecified atom stereocenters. The van der Waals surface area contributed by atoms with E-state index in [2.05, 4.69) is 32.9 Å². The quantitative estimate of drug-likeness (QED) is 0.542. The molecule has 1 fully saturated rings. The minimum atomic E-state index is -0.588. The minimum Gasteiger partial charge on any atom is -0.481 e. The molecule has 0 bridgehead atoms. The molecule has 0 amide bonds. The van der Waals surface area contributed by atoms with Gasteiger partial charge >= 0.3 is 5.97 Å². The number of hydrogen-bond donors (Lipinski definition) is 1. The van der Waals surface area contributed by atoms with Gasteiger partial charge in [0.1, 0.15) is 0 Å². The van der Waals surface area contributed by atoms with E-state index in [1.165, 1.54) is 24.8 Å². The van der Waals surface area contributed by atoms with Gasteiger partial charge in [-0.1, -0.05) is 44.9 Å². The molecule has 1 saturated carbocycles. The molecule has 4 radical (unpaired) electrons. The summed E-state index contributed by atoms with van der Waals surface area (Å²) >= 11 is 0. The van der Waals surface area contributed by atoms with E-state index in [9.17, 15) is 9.90 Å². The van der Waals surface area contributed by atoms with E-state index in [4.69, 9.17) is 0 Å². The Kier molecular flexibility index (Phi) is 5.55. The molecule has 23 heavy (non-hydrogen) atoms. The van der Waals surface area contributed by atoms with Gasteiger partial charge in [0, 0.05) is 27.3 Å². The first-order chi connectivity index (χ1) is 10.3. The zero-order chi connectivity index (χ0) is 16.1. The Morgan fingerprint density at radius 1 is 1.30 bits per heavy atom. The second kappa shape index (κ2) is 6.64. The van der Waals surface area contributed by atoms with Crippen molar-refractivity contribution in [2.24, 2.45) is 28.6 Å². The Hall–Kier alpha value is -0.128. The van der Waals surface area contributed by atoms with Crippen LogP contribution in [0.3, 0.4) is 0 Å². The molecular weight excluding hydrogens is 479 g/mol. The molecule has 1 N–H and O–H groups in total. The minimum absolute atomic E-state index is 0. The van der Waals surface area contributed by atoms with Crippen molar-refractivity contribution in [2.75, 3.05) is 0 Å². The van der Waals surface area contributed by atoms with Crippen LogP contribution in [0.2, 0.25) is 0 Å². The normalized spacial score (nSPS) is 39.5. The predicted octanol–water partition coefficient (Wildman–Crippen LogP) is 4.83. The average Bonchev–Trinajstić information content (AvgIpc) is 2.46. The fourth-order valence-corrected chi connectivity index (χ4v) is 5.60. The van der Waals surface area contributed by atoms with Gasteiger partial charge in [-0.15, -0.1) is 0 Å². The van der Waals surface area contributed by atoms with E-state index < -0.39 is 11.4 Å². The molecule has 0 aromatic heterocycles. The fourth-order valence-electron chi connectivity index (χ4n) is 5.60. The van der Waals surface area contributed by atoms with Crippen LogP contribution in [0.1, 0.15) is 66.2 Å². The van der Waals surface area contributed by atoms with Gasteiger partial charge in [0.25, 0.3) is 0 Å². The third kappa shape index (κ3) is 2.98. The van der Waals surface area contributed by atoms with Crippen molar-refractivity contribution in [2.45, 2.75) is 66.2 Å². The van der Waals surface area contributed by atoms with Crippen molar-refractivity contribution >= 4 is 33.3 Å². The van der Waals surface area contributed by atoms with Crippen molar-refractivity contribution in [1.29, 1.82) is 0 Å². The van der Waals surface area contributed by atoms with Gasteiger partial charge in [0.05, 0.1) is 5.41 Å². The zero-order valence-electron chi connectivity index (χ0n) is 15.0. The van der Waals surface area contributed by atoms with Gasteiger partial charge in [0.2, 0.25) is 0 Å². The first-order valence-corrected chi connectivity index (χ1v) is 8.93. The summed E-state index contributed by atoms with van der Waals surface area (Å²) in [6.07, 6.45) is 11.2. The molecule has 0 aromatic carbocycles. The molecule has 3 heteroatoms. The van der Waals surface area contributed by atoms with Crippen LogP contribution in [0, 0.1) is 28.6 Å². The van der Waals surface area contributed by atoms with Crippen LogP contribution < -0.4 is 0 Å². The summed E-state index contributed by atoms with van der Waals surface area (Å²) in [5, 5.41) is 9.83. The van der Waals surface area contributed by atoms with E-state index in [-0.39, 0.29) is 38.6 Å². The summed E-state index contributed by atoms with van der Waals surface area (Å²) in [5.41, 5.74) is 2.69. The van der Waals surface area contributed by atoms with Gasteiger partial charge in [-0.3, -0.25) is 4.79 Å². The SMILES string of the molecule is CC(C)C1=CC2=CC[C@@H]3[C@](C)(CCC[C@@]3(C)C(=O)O)[C@H]2CC1.[Pb]. The third-order valence-corrected chi connectivity index (χ3v) is 7.07. The van der Waals surface area contributed by atoms with E-state index in [0.29, 0.717) is 11.8 Å². The van der Waals surface area contributed by atoms with Gasteiger partial charge in [-0.25, -0.2) is 0 Å². The number of carboxylic acids is 1. The van der Waals surface area contributed by atoms with E-state index in [1.54, 1.807) is 5.57 Å². The molecule has 3 rings (SSSR count). The maximum Gasteiger partial charge on any atom is 0.309 e. The van der Waals surface area contributed by atoms with Gasteiger partial charge in [-0.05, 0) is 67.8 Å². The maximum absolute atomic E-state index is 11.9. The molecule has 126 valence electrons. The summed E-state index contributed by atoms with van der Waals surface area (Å²) in [7, 11) is 0. The van der Waals surface area contributed by atoms with Crippen LogP contribution in [-0.2, 0) is 4.79 Å². The van der Waals surface area contributed by atoms with Crippen LogP contribution in [0.4, 0.5) is 0 Å². The first kappa shape index (κ1) is 19.2. The number of rotatable bonds is 2. The number of carbonyl (C=O) groups is 1. The average molecular weight is 510 g/mol. The monoisotopic (exact) mass is 510 g/mol. The summed E-state index contributed by atoms with van der Waals surface area (Å²) in [5.74, 6) is 0.888. The molecule has 0 heterocycles. The van der Waals surface area contributed by atoms with Gasteiger partial charge in [0.15, 0.2) is 0 Å². The number of carboxylic acid groups (broad SMARTS) is 1. The van der Waals surface area contributed by atoms with Crippen molar-refractivity contribution < 1.29 is 9.90 Å². The van der Waals surface area contributed by atoms with Gasteiger partial charge in [-0.2, -0.15) is 0 Å². The van der Waals surface area contributed by atoms with Crippen LogP contribution in [0.5, 0.6) is 0 Å². The van der Waals surface area contributed by atoms with E-state index >= 15 is 0 Å². The molecule has 2 nitrogen and oxygen atoms in total. The molecule has 4 atom stereocenters. The van der Waals surface area contributed by atoms with Crippen LogP contribution in [0.25, 0.3) is 0 Å². The van der Waals surface area contributed by atoms with E-state index in [0.717, 1.165) is 19.3 Å². The largest absolute Gasteiger partial charge is 0.481 e. The summed E-state index contributed by atoms with van der Waals surface area (Å²) in [4.78, 5) is 11.9. The topological polar surface area (TPSA) is 37.3 Å². The van der Waals surface area contributed by atoms with Crippen molar-refractivity contribution in [3.63, 3.8) is 0 Å². The molecule has 3 aliphatic rings. The van der Waals surface area contributed by atoms with Crippen LogP contribution in [0.15, 0.2) is 23.3 Å². The molecule has 0 aliphatic heterocycles. The molecule has 3 aliphatic carbocycles. The Morgan fingerprint density at radius 3 is 2.61 bits per heavy atom. The maximum atomic E-state index is 11.9. The zero-order valence-corrected chi connectivity index (χ0v) is 18.9. The second-order valence-electron chi connectivity index (χ2n) is 8.54. The molecular formula is C20H30O2Pb. The summed E-state index contributed by atoms with van der Waals surface area (Å²) < 4.78 is 0. The third-order valence-electron chi connectivity index (χ3n) is 7.07. The van der Waals surface area contributed by atoms with Crippen LogP contribution >= 0.6 is 0 Å². The molecule has 0 aromatic rings. The predicted molar refractivity (Wildman–Crippen MR) is 95.3 cm³/mol. The Labute approximate surface area is 161 Å². The number of allylic oxidation sites excluding steroid dienone is 4. The number of fused-ring (bicyclic) bond motifs is 3. The Balaban J connectivity index is 0.00000192. The second-order valence-corrected chi connectivity index (χ2v) is 8.54. The molecule has 0 saturated heterocycles. The smallest absolute Gasteiger partial charge is 0.309 e. The van der Waals surface area contributed by atoms with E-state index in [1.807, 2.05) is 6.92 Å². The van der Waals surface area contributed by atoms with Crippen molar-refractivity contribution in [3.8, 4) is 0 Å². The van der Waals surface area contributed by atoms with Crippen molar-refractivity contribution in [1.82, 2.24) is 0 Å². The first-order valence-electron chi connectivity index (χ1n) is 8.93. The molecule has 0 spiro atoms. The number of hydrogen-bond acceptors (Lipinski definition) is 1. The van der Waals surface area contributed by atoms with Crippen molar-refractivity contribution in [3.05, 3.63) is 23.3 Å². The Morgan fingerprint density at radius 2 is 2.00 bits per heavy atom. The van der Waals surface area contributed by atoms with Crippen LogP contribution in [-0.4, -0.2) is 38.4 Å².